The van der Waals surface area contributed by atoms with Crippen molar-refractivity contribution in [3.63, 3.8) is 0 Å². The van der Waals surface area contributed by atoms with E-state index in [1.807, 2.05) is 0 Å². The van der Waals surface area contributed by atoms with Crippen molar-refractivity contribution in [1.82, 2.24) is 5.32 Å². The Morgan fingerprint density at radius 2 is 2.00 bits per heavy atom. The number of ether oxygens (including phenoxy) is 1. The molecule has 0 aromatic heterocycles. The Bertz CT molecular complexity index is 422. The summed E-state index contributed by atoms with van der Waals surface area (Å²) in [7, 11) is 0. The molecule has 1 amide bonds. The third-order valence-corrected chi connectivity index (χ3v) is 3.53. The molecule has 128 valence electrons. The standard InChI is InChI=1S/C11H18ClNO9/c12-2-6(17)13-7-4(15)1-11(21,10(19)20)22-9(7)8(18)5(16)3-14/h4-5,7-9,14-16,18,21H,1-3H2,(H,13,17)(H,19,20)/t4?,5?,7-,8-,9?,11+/m1/s1. The third kappa shape index (κ3) is 4.04. The average Bonchev–Trinajstić information content (AvgIpc) is 2.47. The van der Waals surface area contributed by atoms with Crippen LogP contribution in [0.15, 0.2) is 0 Å². The average molecular weight is 344 g/mol. The molecule has 0 bridgehead atoms. The maximum Gasteiger partial charge on any atom is 0.364 e. The predicted molar refractivity (Wildman–Crippen MR) is 69.8 cm³/mol. The lowest BCUT2D eigenvalue weighted by atomic mass is 9.88. The SMILES string of the molecule is O=C(CCl)N[C@@H]1C(O)C[C@@](O)(C(=O)O)OC1[C@H](O)C(O)CO. The van der Waals surface area contributed by atoms with Crippen LogP contribution in [0.4, 0.5) is 0 Å². The molecule has 1 heterocycles. The van der Waals surface area contributed by atoms with Crippen LogP contribution in [0.5, 0.6) is 0 Å². The number of halogens is 1. The molecule has 6 atom stereocenters. The molecule has 1 aliphatic heterocycles. The van der Waals surface area contributed by atoms with Crippen LogP contribution < -0.4 is 5.32 Å². The smallest absolute Gasteiger partial charge is 0.364 e. The summed E-state index contributed by atoms with van der Waals surface area (Å²) < 4.78 is 4.87. The fraction of sp³-hybridized carbons (Fsp3) is 0.818. The van der Waals surface area contributed by atoms with Crippen molar-refractivity contribution in [1.29, 1.82) is 0 Å². The van der Waals surface area contributed by atoms with Crippen molar-refractivity contribution >= 4 is 23.5 Å². The highest BCUT2D eigenvalue weighted by Gasteiger charge is 2.53. The number of hydrogen-bond donors (Lipinski definition) is 7. The number of aliphatic carboxylic acids is 1. The molecule has 0 aromatic carbocycles. The summed E-state index contributed by atoms with van der Waals surface area (Å²) in [5.41, 5.74) is 0. The van der Waals surface area contributed by atoms with E-state index >= 15 is 0 Å². The molecule has 1 rings (SSSR count). The van der Waals surface area contributed by atoms with Gasteiger partial charge in [-0.3, -0.25) is 4.79 Å². The molecule has 3 unspecified atom stereocenters. The minimum atomic E-state index is -2.82. The van der Waals surface area contributed by atoms with Crippen molar-refractivity contribution in [3.8, 4) is 0 Å². The lowest BCUT2D eigenvalue weighted by Gasteiger charge is -2.44. The number of carbonyl (C=O) groups is 2. The number of alkyl halides is 1. The molecule has 0 aliphatic carbocycles. The number of nitrogens with one attached hydrogen (secondary N) is 1. The zero-order valence-corrected chi connectivity index (χ0v) is 12.0. The second kappa shape index (κ2) is 7.51. The van der Waals surface area contributed by atoms with E-state index < -0.39 is 67.0 Å². The molecule has 1 saturated heterocycles. The van der Waals surface area contributed by atoms with Gasteiger partial charge in [0.1, 0.15) is 24.2 Å². The van der Waals surface area contributed by atoms with Gasteiger partial charge >= 0.3 is 5.97 Å². The highest BCUT2D eigenvalue weighted by molar-refractivity contribution is 6.27. The first-order valence-electron chi connectivity index (χ1n) is 6.30. The molecule has 0 saturated carbocycles. The molecule has 1 fully saturated rings. The Kier molecular flexibility index (Phi) is 6.50. The zero-order chi connectivity index (χ0) is 17.1. The van der Waals surface area contributed by atoms with Crippen LogP contribution in [0, 0.1) is 0 Å². The van der Waals surface area contributed by atoms with Gasteiger partial charge in [-0.25, -0.2) is 4.79 Å². The van der Waals surface area contributed by atoms with Crippen LogP contribution in [0.1, 0.15) is 6.42 Å². The molecule has 11 heteroatoms. The summed E-state index contributed by atoms with van der Waals surface area (Å²) in [4.78, 5) is 22.4. The zero-order valence-electron chi connectivity index (χ0n) is 11.3. The van der Waals surface area contributed by atoms with Gasteiger partial charge in [-0.15, -0.1) is 11.6 Å². The maximum absolute atomic E-state index is 11.3. The quantitative estimate of drug-likeness (QED) is 0.239. The largest absolute Gasteiger partial charge is 0.477 e. The van der Waals surface area contributed by atoms with E-state index in [0.717, 1.165) is 0 Å². The first kappa shape index (κ1) is 19.0. The first-order chi connectivity index (χ1) is 10.2. The Balaban J connectivity index is 3.07. The Labute approximate surface area is 129 Å². The van der Waals surface area contributed by atoms with Crippen molar-refractivity contribution in [2.45, 2.75) is 42.7 Å². The number of carboxylic acid groups (broad SMARTS) is 1. The molecule has 0 spiro atoms. The minimum absolute atomic E-state index is 0.474. The molecule has 0 radical (unpaired) electrons. The first-order valence-corrected chi connectivity index (χ1v) is 6.83. The van der Waals surface area contributed by atoms with Gasteiger partial charge in [-0.05, 0) is 0 Å². The summed E-state index contributed by atoms with van der Waals surface area (Å²) in [5.74, 6) is -5.85. The van der Waals surface area contributed by atoms with Gasteiger partial charge in [0, 0.05) is 6.42 Å². The number of hydrogen-bond acceptors (Lipinski definition) is 8. The van der Waals surface area contributed by atoms with Gasteiger partial charge in [0.15, 0.2) is 0 Å². The number of amides is 1. The third-order valence-electron chi connectivity index (χ3n) is 3.29. The summed E-state index contributed by atoms with van der Waals surface area (Å²) >= 11 is 5.31. The molecular weight excluding hydrogens is 326 g/mol. The van der Waals surface area contributed by atoms with E-state index in [-0.39, 0.29) is 0 Å². The highest BCUT2D eigenvalue weighted by atomic mass is 35.5. The Morgan fingerprint density at radius 1 is 1.41 bits per heavy atom. The van der Waals surface area contributed by atoms with Crippen LogP contribution in [-0.2, 0) is 14.3 Å². The number of rotatable bonds is 6. The lowest BCUT2D eigenvalue weighted by molar-refractivity contribution is -0.295. The minimum Gasteiger partial charge on any atom is -0.477 e. The van der Waals surface area contributed by atoms with E-state index in [4.69, 9.17) is 26.6 Å². The topological polar surface area (TPSA) is 177 Å². The number of aliphatic hydroxyl groups excluding tert-OH is 4. The second-order valence-corrected chi connectivity index (χ2v) is 5.18. The van der Waals surface area contributed by atoms with E-state index in [0.29, 0.717) is 0 Å². The summed E-state index contributed by atoms with van der Waals surface area (Å²) in [5, 5.41) is 59.1. The number of carbonyl (C=O) groups excluding carboxylic acids is 1. The molecule has 22 heavy (non-hydrogen) atoms. The fourth-order valence-electron chi connectivity index (χ4n) is 2.13. The van der Waals surface area contributed by atoms with Crippen molar-refractivity contribution in [2.75, 3.05) is 12.5 Å². The van der Waals surface area contributed by atoms with Gasteiger partial charge < -0.3 is 40.7 Å². The van der Waals surface area contributed by atoms with Crippen LogP contribution in [0.25, 0.3) is 0 Å². The Hall–Kier alpha value is -1.01. The second-order valence-electron chi connectivity index (χ2n) is 4.91. The number of aliphatic hydroxyl groups is 5. The maximum atomic E-state index is 11.3. The van der Waals surface area contributed by atoms with Crippen molar-refractivity contribution in [3.05, 3.63) is 0 Å². The summed E-state index contributed by atoms with van der Waals surface area (Å²) in [6.45, 7) is -0.890. The monoisotopic (exact) mass is 343 g/mol. The van der Waals surface area contributed by atoms with Gasteiger partial charge in [0.05, 0.1) is 18.8 Å². The normalized spacial score (nSPS) is 34.7. The predicted octanol–water partition coefficient (Wildman–Crippen LogP) is -3.65. The van der Waals surface area contributed by atoms with E-state index in [1.54, 1.807) is 0 Å². The van der Waals surface area contributed by atoms with Gasteiger partial charge in [-0.1, -0.05) is 0 Å². The van der Waals surface area contributed by atoms with E-state index in [2.05, 4.69) is 5.32 Å². The summed E-state index contributed by atoms with van der Waals surface area (Å²) in [6, 6.07) is -1.35. The van der Waals surface area contributed by atoms with Gasteiger partial charge in [0.25, 0.3) is 5.79 Å². The molecule has 10 nitrogen and oxygen atoms in total. The van der Waals surface area contributed by atoms with Crippen LogP contribution >= 0.6 is 11.6 Å². The van der Waals surface area contributed by atoms with Crippen molar-refractivity contribution < 1.29 is 45.0 Å². The Morgan fingerprint density at radius 3 is 2.45 bits per heavy atom. The molecule has 0 aromatic rings. The van der Waals surface area contributed by atoms with Crippen LogP contribution in [0.3, 0.4) is 0 Å². The molecule has 1 aliphatic rings. The number of carboxylic acids is 1. The molecular formula is C11H18ClNO9. The highest BCUT2D eigenvalue weighted by Crippen LogP contribution is 2.30. The molecule has 7 N–H and O–H groups in total. The fourth-order valence-corrected chi connectivity index (χ4v) is 2.20. The lowest BCUT2D eigenvalue weighted by Crippen LogP contribution is -2.67. The van der Waals surface area contributed by atoms with Crippen molar-refractivity contribution in [2.24, 2.45) is 0 Å². The van der Waals surface area contributed by atoms with Gasteiger partial charge in [0.2, 0.25) is 5.91 Å². The van der Waals surface area contributed by atoms with Crippen LogP contribution in [0.2, 0.25) is 0 Å². The van der Waals surface area contributed by atoms with E-state index in [9.17, 15) is 30.0 Å². The summed E-state index contributed by atoms with van der Waals surface area (Å²) in [6.07, 6.45) is -7.71. The van der Waals surface area contributed by atoms with Gasteiger partial charge in [-0.2, -0.15) is 0 Å². The van der Waals surface area contributed by atoms with E-state index in [1.165, 1.54) is 0 Å². The van der Waals surface area contributed by atoms with Crippen LogP contribution in [-0.4, -0.2) is 91.2 Å².